The summed E-state index contributed by atoms with van der Waals surface area (Å²) in [7, 11) is -4.75. The van der Waals surface area contributed by atoms with Gasteiger partial charge in [0.05, 0.1) is 0 Å². The van der Waals surface area contributed by atoms with Gasteiger partial charge in [0.25, 0.3) is 0 Å². The molecule has 0 aromatic rings. The smallest absolute Gasteiger partial charge is 0.302 e. The van der Waals surface area contributed by atoms with Crippen LogP contribution in [0.2, 0.25) is 0 Å². The molecule has 8 nitrogen and oxygen atoms in total. The maximum atomic E-state index is 11.3. The molecule has 0 aliphatic carbocycles. The predicted octanol–water partition coefficient (Wildman–Crippen LogP) is 0.549. The van der Waals surface area contributed by atoms with Gasteiger partial charge in [-0.1, -0.05) is 13.2 Å². The Morgan fingerprint density at radius 2 is 1.19 bits per heavy atom. The number of hydrogen-bond donors (Lipinski definition) is 1. The average molecular weight is 318 g/mol. The highest BCUT2D eigenvalue weighted by atomic mass is 31.2. The maximum Gasteiger partial charge on any atom is 0.473 e. The third-order valence-electron chi connectivity index (χ3n) is 2.00. The van der Waals surface area contributed by atoms with Crippen molar-refractivity contribution in [1.29, 1.82) is 0 Å². The SMILES string of the molecule is C=C(C)C(=O)C(=O)COP(=O)(O)OCC(=O)C(=O)C(=C)C. The Morgan fingerprint density at radius 1 is 0.905 bits per heavy atom. The van der Waals surface area contributed by atoms with Crippen molar-refractivity contribution in [2.75, 3.05) is 13.2 Å². The minimum absolute atomic E-state index is 0.0560. The van der Waals surface area contributed by atoms with Gasteiger partial charge in [-0.2, -0.15) is 0 Å². The number of phosphoric ester groups is 1. The van der Waals surface area contributed by atoms with Gasteiger partial charge >= 0.3 is 7.82 Å². The fourth-order valence-electron chi connectivity index (χ4n) is 0.925. The molecule has 0 atom stereocenters. The summed E-state index contributed by atoms with van der Waals surface area (Å²) in [6.45, 7) is 7.03. The van der Waals surface area contributed by atoms with Crippen LogP contribution in [-0.2, 0) is 32.8 Å². The van der Waals surface area contributed by atoms with E-state index >= 15 is 0 Å². The van der Waals surface area contributed by atoms with E-state index < -0.39 is 44.2 Å². The summed E-state index contributed by atoms with van der Waals surface area (Å²) in [6, 6.07) is 0. The Bertz CT molecular complexity index is 514. The van der Waals surface area contributed by atoms with E-state index in [2.05, 4.69) is 22.2 Å². The molecule has 0 radical (unpaired) electrons. The number of carbonyl (C=O) groups is 4. The van der Waals surface area contributed by atoms with Crippen molar-refractivity contribution >= 4 is 31.0 Å². The van der Waals surface area contributed by atoms with E-state index in [1.807, 2.05) is 0 Å². The van der Waals surface area contributed by atoms with Gasteiger partial charge in [-0.05, 0) is 25.0 Å². The molecule has 0 fully saturated rings. The summed E-state index contributed by atoms with van der Waals surface area (Å²) in [5.41, 5.74) is -0.112. The highest BCUT2D eigenvalue weighted by molar-refractivity contribution is 7.47. The normalized spacial score (nSPS) is 10.8. The van der Waals surface area contributed by atoms with Gasteiger partial charge in [0.15, 0.2) is 0 Å². The Morgan fingerprint density at radius 3 is 1.43 bits per heavy atom. The standard InChI is InChI=1S/C12H15O8P/c1-7(2)11(15)9(13)5-19-21(17,18)20-6-10(14)12(16)8(3)4/h1,3,5-6H2,2,4H3,(H,17,18). The summed E-state index contributed by atoms with van der Waals surface area (Å²) in [5, 5.41) is 0. The van der Waals surface area contributed by atoms with Gasteiger partial charge < -0.3 is 4.89 Å². The Labute approximate surface area is 121 Å². The molecule has 0 aromatic carbocycles. The van der Waals surface area contributed by atoms with E-state index in [0.717, 1.165) is 0 Å². The minimum atomic E-state index is -4.75. The van der Waals surface area contributed by atoms with Crippen molar-refractivity contribution in [2.24, 2.45) is 0 Å². The fourth-order valence-corrected chi connectivity index (χ4v) is 1.56. The summed E-state index contributed by atoms with van der Waals surface area (Å²) in [6.07, 6.45) is 0. The molecule has 0 aliphatic heterocycles. The zero-order valence-electron chi connectivity index (χ0n) is 11.6. The number of ketones is 4. The van der Waals surface area contributed by atoms with Gasteiger partial charge in [-0.25, -0.2) is 4.57 Å². The van der Waals surface area contributed by atoms with Crippen LogP contribution in [0.25, 0.3) is 0 Å². The van der Waals surface area contributed by atoms with Crippen LogP contribution in [0, 0.1) is 0 Å². The first-order chi connectivity index (χ1) is 9.48. The summed E-state index contributed by atoms with van der Waals surface area (Å²) in [4.78, 5) is 53.9. The molecule has 0 saturated heterocycles. The lowest BCUT2D eigenvalue weighted by Gasteiger charge is -2.10. The van der Waals surface area contributed by atoms with Gasteiger partial charge in [0.1, 0.15) is 13.2 Å². The lowest BCUT2D eigenvalue weighted by atomic mass is 10.1. The first-order valence-electron chi connectivity index (χ1n) is 5.56. The minimum Gasteiger partial charge on any atom is -0.302 e. The number of rotatable bonds is 10. The number of hydrogen-bond acceptors (Lipinski definition) is 7. The van der Waals surface area contributed by atoms with Gasteiger partial charge in [0, 0.05) is 0 Å². The number of allylic oxidation sites excluding steroid dienone is 2. The molecule has 0 amide bonds. The lowest BCUT2D eigenvalue weighted by Crippen LogP contribution is -2.22. The summed E-state index contributed by atoms with van der Waals surface area (Å²) in [5.74, 6) is -4.10. The van der Waals surface area contributed by atoms with Crippen molar-refractivity contribution in [1.82, 2.24) is 0 Å². The van der Waals surface area contributed by atoms with Crippen LogP contribution < -0.4 is 0 Å². The molecule has 0 heterocycles. The zero-order valence-corrected chi connectivity index (χ0v) is 12.5. The maximum absolute atomic E-state index is 11.3. The Kier molecular flexibility index (Phi) is 7.25. The van der Waals surface area contributed by atoms with Crippen LogP contribution in [-0.4, -0.2) is 41.2 Å². The molecule has 0 spiro atoms. The van der Waals surface area contributed by atoms with Gasteiger partial charge in [0.2, 0.25) is 23.1 Å². The molecule has 9 heteroatoms. The van der Waals surface area contributed by atoms with Crippen molar-refractivity contribution in [2.45, 2.75) is 13.8 Å². The summed E-state index contributed by atoms with van der Waals surface area (Å²) >= 11 is 0. The van der Waals surface area contributed by atoms with E-state index in [4.69, 9.17) is 0 Å². The second-order valence-electron chi connectivity index (χ2n) is 4.08. The molecule has 21 heavy (non-hydrogen) atoms. The Balaban J connectivity index is 4.43. The molecule has 116 valence electrons. The van der Waals surface area contributed by atoms with E-state index in [1.165, 1.54) is 13.8 Å². The van der Waals surface area contributed by atoms with E-state index in [0.29, 0.717) is 0 Å². The van der Waals surface area contributed by atoms with E-state index in [9.17, 15) is 28.6 Å². The lowest BCUT2D eigenvalue weighted by molar-refractivity contribution is -0.136. The monoisotopic (exact) mass is 318 g/mol. The molecule has 0 rings (SSSR count). The van der Waals surface area contributed by atoms with Crippen LogP contribution in [0.5, 0.6) is 0 Å². The van der Waals surface area contributed by atoms with Crippen molar-refractivity contribution in [3.63, 3.8) is 0 Å². The number of Topliss-reactive ketones (excluding diaryl/α,β-unsaturated/α-hetero) is 4. The van der Waals surface area contributed by atoms with E-state index in [1.54, 1.807) is 0 Å². The average Bonchev–Trinajstić information content (AvgIpc) is 2.40. The largest absolute Gasteiger partial charge is 0.473 e. The van der Waals surface area contributed by atoms with Crippen molar-refractivity contribution < 1.29 is 37.7 Å². The fraction of sp³-hybridized carbons (Fsp3) is 0.333. The quantitative estimate of drug-likeness (QED) is 0.352. The van der Waals surface area contributed by atoms with E-state index in [-0.39, 0.29) is 11.1 Å². The third-order valence-corrected chi connectivity index (χ3v) is 2.91. The zero-order chi connectivity index (χ0) is 16.8. The molecule has 0 aromatic heterocycles. The van der Waals surface area contributed by atoms with Crippen LogP contribution in [0.15, 0.2) is 24.3 Å². The highest BCUT2D eigenvalue weighted by Crippen LogP contribution is 2.42. The molecule has 0 aliphatic rings. The number of carbonyl (C=O) groups excluding carboxylic acids is 4. The molecule has 0 saturated carbocycles. The number of phosphoric acid groups is 1. The second-order valence-corrected chi connectivity index (χ2v) is 5.53. The molecule has 0 unspecified atom stereocenters. The van der Waals surface area contributed by atoms with Gasteiger partial charge in [-0.3, -0.25) is 28.2 Å². The molecule has 1 N–H and O–H groups in total. The van der Waals surface area contributed by atoms with Crippen LogP contribution >= 0.6 is 7.82 Å². The summed E-state index contributed by atoms with van der Waals surface area (Å²) < 4.78 is 19.8. The first kappa shape index (κ1) is 19.3. The highest BCUT2D eigenvalue weighted by Gasteiger charge is 2.27. The second kappa shape index (κ2) is 7.90. The predicted molar refractivity (Wildman–Crippen MR) is 71.4 cm³/mol. The molecular formula is C12H15O8P. The van der Waals surface area contributed by atoms with Crippen LogP contribution in [0.3, 0.4) is 0 Å². The van der Waals surface area contributed by atoms with Crippen molar-refractivity contribution in [3.8, 4) is 0 Å². The molecular weight excluding hydrogens is 303 g/mol. The first-order valence-corrected chi connectivity index (χ1v) is 7.05. The van der Waals surface area contributed by atoms with Crippen molar-refractivity contribution in [3.05, 3.63) is 24.3 Å². The van der Waals surface area contributed by atoms with Crippen LogP contribution in [0.4, 0.5) is 0 Å². The molecule has 0 bridgehead atoms. The third kappa shape index (κ3) is 7.01. The Hall–Kier alpha value is -1.73. The van der Waals surface area contributed by atoms with Gasteiger partial charge in [-0.15, -0.1) is 0 Å². The topological polar surface area (TPSA) is 124 Å². The van der Waals surface area contributed by atoms with Crippen LogP contribution in [0.1, 0.15) is 13.8 Å².